The molecule has 1 aromatic rings. The van der Waals surface area contributed by atoms with E-state index < -0.39 is 24.4 Å². The zero-order valence-electron chi connectivity index (χ0n) is 13.7. The Bertz CT molecular complexity index is 633. The minimum atomic E-state index is -0.724. The van der Waals surface area contributed by atoms with Gasteiger partial charge in [-0.15, -0.1) is 0 Å². The van der Waals surface area contributed by atoms with E-state index in [9.17, 15) is 14.4 Å². The van der Waals surface area contributed by atoms with Gasteiger partial charge in [0.2, 0.25) is 0 Å². The first kappa shape index (κ1) is 20.3. The maximum absolute atomic E-state index is 11.9. The first-order valence-corrected chi connectivity index (χ1v) is 8.10. The van der Waals surface area contributed by atoms with E-state index in [1.807, 2.05) is 20.8 Å². The fourth-order valence-corrected chi connectivity index (χ4v) is 2.11. The standard InChI is InChI=1S/C16H20Cl2N2O4/c1-4-16(2,3)20-13(21)9-24-14(22)8-19-15(23)11-6-5-10(17)7-12(11)18/h5-7H,4,8-9H2,1-3H3,(H,19,23)(H,20,21). The number of hydrogen-bond acceptors (Lipinski definition) is 4. The van der Waals surface area contributed by atoms with Gasteiger partial charge in [-0.25, -0.2) is 0 Å². The summed E-state index contributed by atoms with van der Waals surface area (Å²) >= 11 is 11.7. The molecule has 2 N–H and O–H groups in total. The third-order valence-corrected chi connectivity index (χ3v) is 3.84. The number of halogens is 2. The zero-order valence-corrected chi connectivity index (χ0v) is 15.3. The number of carbonyl (C=O) groups is 3. The van der Waals surface area contributed by atoms with Crippen LogP contribution in [0.25, 0.3) is 0 Å². The molecule has 0 radical (unpaired) electrons. The Balaban J connectivity index is 2.41. The van der Waals surface area contributed by atoms with E-state index in [2.05, 4.69) is 10.6 Å². The molecule has 1 rings (SSSR count). The Labute approximate surface area is 150 Å². The monoisotopic (exact) mass is 374 g/mol. The number of benzene rings is 1. The van der Waals surface area contributed by atoms with Gasteiger partial charge in [0.05, 0.1) is 10.6 Å². The summed E-state index contributed by atoms with van der Waals surface area (Å²) in [5.74, 6) is -1.66. The van der Waals surface area contributed by atoms with E-state index in [-0.39, 0.29) is 22.7 Å². The molecule has 0 heterocycles. The van der Waals surface area contributed by atoms with Crippen LogP contribution >= 0.6 is 23.2 Å². The molecule has 0 spiro atoms. The number of ether oxygens (including phenoxy) is 1. The summed E-state index contributed by atoms with van der Waals surface area (Å²) in [4.78, 5) is 35.2. The van der Waals surface area contributed by atoms with Gasteiger partial charge in [-0.3, -0.25) is 14.4 Å². The number of rotatable bonds is 7. The molecule has 0 bridgehead atoms. The van der Waals surface area contributed by atoms with Gasteiger partial charge in [-0.2, -0.15) is 0 Å². The lowest BCUT2D eigenvalue weighted by Crippen LogP contribution is -2.45. The van der Waals surface area contributed by atoms with Crippen LogP contribution in [-0.4, -0.2) is 36.5 Å². The minimum absolute atomic E-state index is 0.176. The van der Waals surface area contributed by atoms with Gasteiger partial charge in [0.15, 0.2) is 6.61 Å². The summed E-state index contributed by atoms with van der Waals surface area (Å²) in [6, 6.07) is 4.39. The van der Waals surface area contributed by atoms with E-state index in [0.29, 0.717) is 5.02 Å². The predicted octanol–water partition coefficient (Wildman–Crippen LogP) is 2.57. The van der Waals surface area contributed by atoms with Crippen LogP contribution in [0.15, 0.2) is 18.2 Å². The SMILES string of the molecule is CCC(C)(C)NC(=O)COC(=O)CNC(=O)c1ccc(Cl)cc1Cl. The highest BCUT2D eigenvalue weighted by molar-refractivity contribution is 6.36. The lowest BCUT2D eigenvalue weighted by atomic mass is 10.0. The largest absolute Gasteiger partial charge is 0.454 e. The molecular weight excluding hydrogens is 355 g/mol. The molecule has 0 saturated carbocycles. The third-order valence-electron chi connectivity index (χ3n) is 3.29. The summed E-state index contributed by atoms with van der Waals surface area (Å²) in [7, 11) is 0. The van der Waals surface area contributed by atoms with E-state index >= 15 is 0 Å². The first-order valence-electron chi connectivity index (χ1n) is 7.34. The normalized spacial score (nSPS) is 10.9. The van der Waals surface area contributed by atoms with E-state index in [1.54, 1.807) is 0 Å². The van der Waals surface area contributed by atoms with Gasteiger partial charge in [0, 0.05) is 10.6 Å². The highest BCUT2D eigenvalue weighted by atomic mass is 35.5. The second kappa shape index (κ2) is 8.89. The summed E-state index contributed by atoms with van der Waals surface area (Å²) in [6.45, 7) is 4.89. The molecule has 0 aliphatic heterocycles. The van der Waals surface area contributed by atoms with Crippen molar-refractivity contribution in [1.29, 1.82) is 0 Å². The highest BCUT2D eigenvalue weighted by Crippen LogP contribution is 2.20. The number of nitrogens with one attached hydrogen (secondary N) is 2. The lowest BCUT2D eigenvalue weighted by Gasteiger charge is -2.24. The van der Waals surface area contributed by atoms with Gasteiger partial charge < -0.3 is 15.4 Å². The minimum Gasteiger partial charge on any atom is -0.454 e. The number of hydrogen-bond donors (Lipinski definition) is 2. The molecule has 0 saturated heterocycles. The van der Waals surface area contributed by atoms with E-state index in [4.69, 9.17) is 27.9 Å². The maximum Gasteiger partial charge on any atom is 0.325 e. The molecular formula is C16H20Cl2N2O4. The molecule has 0 aliphatic rings. The topological polar surface area (TPSA) is 84.5 Å². The number of esters is 1. The zero-order chi connectivity index (χ0) is 18.3. The van der Waals surface area contributed by atoms with Gasteiger partial charge in [0.25, 0.3) is 11.8 Å². The molecule has 8 heteroatoms. The summed E-state index contributed by atoms with van der Waals surface area (Å²) in [5, 5.41) is 5.68. The molecule has 0 aliphatic carbocycles. The Hall–Kier alpha value is -1.79. The Morgan fingerprint density at radius 3 is 2.46 bits per heavy atom. The fraction of sp³-hybridized carbons (Fsp3) is 0.438. The van der Waals surface area contributed by atoms with Gasteiger partial charge in [-0.05, 0) is 38.5 Å². The summed E-state index contributed by atoms with van der Waals surface area (Å²) < 4.78 is 4.81. The van der Waals surface area contributed by atoms with Crippen molar-refractivity contribution in [1.82, 2.24) is 10.6 Å². The van der Waals surface area contributed by atoms with Crippen LogP contribution in [0.3, 0.4) is 0 Å². The van der Waals surface area contributed by atoms with Crippen LogP contribution in [0.1, 0.15) is 37.6 Å². The quantitative estimate of drug-likeness (QED) is 0.718. The van der Waals surface area contributed by atoms with Crippen LogP contribution in [0.4, 0.5) is 0 Å². The van der Waals surface area contributed by atoms with Gasteiger partial charge in [0.1, 0.15) is 6.54 Å². The first-order chi connectivity index (χ1) is 11.1. The molecule has 2 amide bonds. The molecule has 1 aromatic carbocycles. The Morgan fingerprint density at radius 2 is 1.88 bits per heavy atom. The molecule has 0 unspecified atom stereocenters. The van der Waals surface area contributed by atoms with Crippen LogP contribution in [0.5, 0.6) is 0 Å². The van der Waals surface area contributed by atoms with Crippen molar-refractivity contribution in [2.24, 2.45) is 0 Å². The number of amides is 2. The van der Waals surface area contributed by atoms with Crippen LogP contribution in [0, 0.1) is 0 Å². The molecule has 132 valence electrons. The predicted molar refractivity (Wildman–Crippen MR) is 92.3 cm³/mol. The van der Waals surface area contributed by atoms with Gasteiger partial charge in [-0.1, -0.05) is 30.1 Å². The number of carbonyl (C=O) groups excluding carboxylic acids is 3. The highest BCUT2D eigenvalue weighted by Gasteiger charge is 2.19. The van der Waals surface area contributed by atoms with Crippen molar-refractivity contribution in [2.45, 2.75) is 32.7 Å². The molecule has 0 fully saturated rings. The van der Waals surface area contributed by atoms with Crippen molar-refractivity contribution in [3.05, 3.63) is 33.8 Å². The summed E-state index contributed by atoms with van der Waals surface area (Å²) in [6.07, 6.45) is 0.741. The maximum atomic E-state index is 11.9. The van der Waals surface area contributed by atoms with Gasteiger partial charge >= 0.3 is 5.97 Å². The lowest BCUT2D eigenvalue weighted by molar-refractivity contribution is -0.148. The smallest absolute Gasteiger partial charge is 0.325 e. The molecule has 6 nitrogen and oxygen atoms in total. The average Bonchev–Trinajstić information content (AvgIpc) is 2.50. The van der Waals surface area contributed by atoms with Crippen LogP contribution in [-0.2, 0) is 14.3 Å². The van der Waals surface area contributed by atoms with Crippen molar-refractivity contribution in [2.75, 3.05) is 13.2 Å². The average molecular weight is 375 g/mol. The molecule has 24 heavy (non-hydrogen) atoms. The fourth-order valence-electron chi connectivity index (χ4n) is 1.62. The second-order valence-electron chi connectivity index (χ2n) is 5.75. The summed E-state index contributed by atoms with van der Waals surface area (Å²) in [5.41, 5.74) is -0.181. The van der Waals surface area contributed by atoms with E-state index in [1.165, 1.54) is 18.2 Å². The Morgan fingerprint density at radius 1 is 1.21 bits per heavy atom. The third kappa shape index (κ3) is 6.76. The van der Waals surface area contributed by atoms with Crippen molar-refractivity contribution in [3.8, 4) is 0 Å². The van der Waals surface area contributed by atoms with Crippen molar-refractivity contribution in [3.63, 3.8) is 0 Å². The van der Waals surface area contributed by atoms with Crippen LogP contribution in [0.2, 0.25) is 10.0 Å². The second-order valence-corrected chi connectivity index (χ2v) is 6.60. The van der Waals surface area contributed by atoms with Crippen LogP contribution < -0.4 is 10.6 Å². The van der Waals surface area contributed by atoms with E-state index in [0.717, 1.165) is 6.42 Å². The van der Waals surface area contributed by atoms with Crippen molar-refractivity contribution >= 4 is 41.0 Å². The molecule has 0 atom stereocenters. The Kier molecular flexibility index (Phi) is 7.51. The van der Waals surface area contributed by atoms with Crippen molar-refractivity contribution < 1.29 is 19.1 Å². The molecule has 0 aromatic heterocycles.